The summed E-state index contributed by atoms with van der Waals surface area (Å²) in [5.41, 5.74) is 0. The molecule has 1 amide bonds. The van der Waals surface area contributed by atoms with E-state index in [9.17, 15) is 4.79 Å². The van der Waals surface area contributed by atoms with Crippen LogP contribution in [0.3, 0.4) is 0 Å². The molecule has 0 radical (unpaired) electrons. The first-order valence-electron chi connectivity index (χ1n) is 5.91. The molecule has 1 rings (SSSR count). The standard InChI is InChI=1S/C11H22N2O3/c1-3-9-16-11(14)13-6-4-12(5-7-13)8-10-15-2/h3-10H2,1-2H3. The Labute approximate surface area is 97.3 Å². The molecule has 0 bridgehead atoms. The third-order valence-electron chi connectivity index (χ3n) is 2.67. The van der Waals surface area contributed by atoms with Gasteiger partial charge in [-0.2, -0.15) is 0 Å². The predicted molar refractivity (Wildman–Crippen MR) is 61.5 cm³/mol. The summed E-state index contributed by atoms with van der Waals surface area (Å²) in [6, 6.07) is 0. The average molecular weight is 230 g/mol. The third kappa shape index (κ3) is 4.37. The molecule has 16 heavy (non-hydrogen) atoms. The second-order valence-electron chi connectivity index (χ2n) is 3.94. The first-order valence-corrected chi connectivity index (χ1v) is 5.91. The second-order valence-corrected chi connectivity index (χ2v) is 3.94. The number of amides is 1. The van der Waals surface area contributed by atoms with E-state index in [1.807, 2.05) is 6.92 Å². The van der Waals surface area contributed by atoms with Gasteiger partial charge in [0.1, 0.15) is 0 Å². The summed E-state index contributed by atoms with van der Waals surface area (Å²) in [6.07, 6.45) is 0.702. The van der Waals surface area contributed by atoms with Crippen molar-refractivity contribution in [3.05, 3.63) is 0 Å². The lowest BCUT2D eigenvalue weighted by atomic mass is 10.3. The van der Waals surface area contributed by atoms with Crippen LogP contribution in [0.2, 0.25) is 0 Å². The Hall–Kier alpha value is -0.810. The molecule has 0 saturated carbocycles. The topological polar surface area (TPSA) is 42.0 Å². The minimum atomic E-state index is -0.173. The monoisotopic (exact) mass is 230 g/mol. The molecule has 1 heterocycles. The van der Waals surface area contributed by atoms with Crippen LogP contribution in [0, 0.1) is 0 Å². The number of rotatable bonds is 5. The summed E-state index contributed by atoms with van der Waals surface area (Å²) in [5.74, 6) is 0. The van der Waals surface area contributed by atoms with Crippen LogP contribution in [0.25, 0.3) is 0 Å². The van der Waals surface area contributed by atoms with E-state index < -0.39 is 0 Å². The summed E-state index contributed by atoms with van der Waals surface area (Å²) in [4.78, 5) is 15.6. The zero-order valence-corrected chi connectivity index (χ0v) is 10.3. The molecule has 0 N–H and O–H groups in total. The van der Waals surface area contributed by atoms with Crippen molar-refractivity contribution < 1.29 is 14.3 Å². The number of ether oxygens (including phenoxy) is 2. The fourth-order valence-electron chi connectivity index (χ4n) is 1.66. The molecule has 5 heteroatoms. The smallest absolute Gasteiger partial charge is 0.409 e. The highest BCUT2D eigenvalue weighted by Gasteiger charge is 2.21. The minimum absolute atomic E-state index is 0.173. The van der Waals surface area contributed by atoms with Crippen molar-refractivity contribution in [1.29, 1.82) is 0 Å². The van der Waals surface area contributed by atoms with E-state index in [4.69, 9.17) is 9.47 Å². The number of hydrogen-bond donors (Lipinski definition) is 0. The Bertz CT molecular complexity index is 203. The lowest BCUT2D eigenvalue weighted by Crippen LogP contribution is -2.49. The summed E-state index contributed by atoms with van der Waals surface area (Å²) < 4.78 is 10.1. The molecular weight excluding hydrogens is 208 g/mol. The number of carbonyl (C=O) groups is 1. The first kappa shape index (κ1) is 13.3. The van der Waals surface area contributed by atoms with Gasteiger partial charge in [0.05, 0.1) is 13.2 Å². The van der Waals surface area contributed by atoms with Crippen molar-refractivity contribution in [1.82, 2.24) is 9.80 Å². The van der Waals surface area contributed by atoms with E-state index in [0.29, 0.717) is 6.61 Å². The van der Waals surface area contributed by atoms with E-state index in [1.165, 1.54) is 0 Å². The van der Waals surface area contributed by atoms with Gasteiger partial charge in [-0.15, -0.1) is 0 Å². The second kappa shape index (κ2) is 7.46. The van der Waals surface area contributed by atoms with Crippen molar-refractivity contribution in [3.8, 4) is 0 Å². The van der Waals surface area contributed by atoms with E-state index >= 15 is 0 Å². The minimum Gasteiger partial charge on any atom is -0.449 e. The van der Waals surface area contributed by atoms with Crippen molar-refractivity contribution in [3.63, 3.8) is 0 Å². The number of nitrogens with zero attached hydrogens (tertiary/aromatic N) is 2. The number of methoxy groups -OCH3 is 1. The first-order chi connectivity index (χ1) is 7.77. The Kier molecular flexibility index (Phi) is 6.18. The SMILES string of the molecule is CCCOC(=O)N1CCN(CCOC)CC1. The maximum atomic E-state index is 11.5. The molecule has 0 spiro atoms. The highest BCUT2D eigenvalue weighted by molar-refractivity contribution is 5.67. The predicted octanol–water partition coefficient (Wildman–Crippen LogP) is 0.797. The molecule has 5 nitrogen and oxygen atoms in total. The lowest BCUT2D eigenvalue weighted by molar-refractivity contribution is 0.0674. The fourth-order valence-corrected chi connectivity index (χ4v) is 1.66. The summed E-state index contributed by atoms with van der Waals surface area (Å²) >= 11 is 0. The molecule has 0 aromatic heterocycles. The van der Waals surface area contributed by atoms with Gasteiger partial charge in [0, 0.05) is 39.8 Å². The molecule has 1 fully saturated rings. The molecule has 0 unspecified atom stereocenters. The Morgan fingerprint density at radius 2 is 1.88 bits per heavy atom. The zero-order chi connectivity index (χ0) is 11.8. The van der Waals surface area contributed by atoms with Crippen molar-refractivity contribution >= 4 is 6.09 Å². The van der Waals surface area contributed by atoms with Crippen LogP contribution in [0.4, 0.5) is 4.79 Å². The molecule has 0 aromatic rings. The van der Waals surface area contributed by atoms with Crippen LogP contribution in [0.5, 0.6) is 0 Å². The third-order valence-corrected chi connectivity index (χ3v) is 2.67. The maximum Gasteiger partial charge on any atom is 0.409 e. The zero-order valence-electron chi connectivity index (χ0n) is 10.3. The highest BCUT2D eigenvalue weighted by atomic mass is 16.6. The summed E-state index contributed by atoms with van der Waals surface area (Å²) in [7, 11) is 1.71. The van der Waals surface area contributed by atoms with Gasteiger partial charge >= 0.3 is 6.09 Å². The van der Waals surface area contributed by atoms with E-state index in [-0.39, 0.29) is 6.09 Å². The molecule has 0 aliphatic carbocycles. The van der Waals surface area contributed by atoms with Crippen LogP contribution >= 0.6 is 0 Å². The van der Waals surface area contributed by atoms with Crippen LogP contribution in [0.15, 0.2) is 0 Å². The normalized spacial score (nSPS) is 17.5. The molecule has 94 valence electrons. The number of hydrogen-bond acceptors (Lipinski definition) is 4. The Morgan fingerprint density at radius 1 is 1.19 bits per heavy atom. The Morgan fingerprint density at radius 3 is 2.44 bits per heavy atom. The van der Waals surface area contributed by atoms with Gasteiger partial charge in [-0.05, 0) is 6.42 Å². The molecule has 1 aliphatic heterocycles. The number of piperazine rings is 1. The van der Waals surface area contributed by atoms with Crippen molar-refractivity contribution in [2.24, 2.45) is 0 Å². The maximum absolute atomic E-state index is 11.5. The largest absolute Gasteiger partial charge is 0.449 e. The van der Waals surface area contributed by atoms with Crippen LogP contribution in [-0.2, 0) is 9.47 Å². The van der Waals surface area contributed by atoms with Gasteiger partial charge < -0.3 is 14.4 Å². The van der Waals surface area contributed by atoms with Crippen molar-refractivity contribution in [2.45, 2.75) is 13.3 Å². The molecule has 1 aliphatic rings. The van der Waals surface area contributed by atoms with Gasteiger partial charge in [-0.1, -0.05) is 6.92 Å². The van der Waals surface area contributed by atoms with Crippen molar-refractivity contribution in [2.75, 3.05) is 53.0 Å². The quantitative estimate of drug-likeness (QED) is 0.700. The average Bonchev–Trinajstić information content (AvgIpc) is 2.34. The van der Waals surface area contributed by atoms with Crippen LogP contribution < -0.4 is 0 Å². The van der Waals surface area contributed by atoms with Crippen LogP contribution in [0.1, 0.15) is 13.3 Å². The van der Waals surface area contributed by atoms with Gasteiger partial charge in [-0.3, -0.25) is 4.90 Å². The fraction of sp³-hybridized carbons (Fsp3) is 0.909. The van der Waals surface area contributed by atoms with Gasteiger partial charge in [0.25, 0.3) is 0 Å². The van der Waals surface area contributed by atoms with E-state index in [0.717, 1.165) is 45.8 Å². The number of carbonyl (C=O) groups excluding carboxylic acids is 1. The summed E-state index contributed by atoms with van der Waals surface area (Å²) in [5, 5.41) is 0. The molecule has 1 saturated heterocycles. The van der Waals surface area contributed by atoms with Crippen LogP contribution in [-0.4, -0.2) is 68.9 Å². The van der Waals surface area contributed by atoms with E-state index in [2.05, 4.69) is 4.90 Å². The Balaban J connectivity index is 2.18. The molecule has 0 aromatic carbocycles. The highest BCUT2D eigenvalue weighted by Crippen LogP contribution is 2.03. The van der Waals surface area contributed by atoms with Gasteiger partial charge in [-0.25, -0.2) is 4.79 Å². The van der Waals surface area contributed by atoms with Gasteiger partial charge in [0.15, 0.2) is 0 Å². The molecule has 0 atom stereocenters. The van der Waals surface area contributed by atoms with Gasteiger partial charge in [0.2, 0.25) is 0 Å². The lowest BCUT2D eigenvalue weighted by Gasteiger charge is -2.33. The molecular formula is C11H22N2O3. The van der Waals surface area contributed by atoms with E-state index in [1.54, 1.807) is 12.0 Å². The summed E-state index contributed by atoms with van der Waals surface area (Å²) in [6.45, 7) is 7.53.